The van der Waals surface area contributed by atoms with Crippen molar-refractivity contribution in [3.05, 3.63) is 23.4 Å². The summed E-state index contributed by atoms with van der Waals surface area (Å²) >= 11 is 5.84. The monoisotopic (exact) mass is 240 g/mol. The summed E-state index contributed by atoms with van der Waals surface area (Å²) in [5.41, 5.74) is 0.722. The molecular formula is C10H13ClN4O. The second-order valence-corrected chi connectivity index (χ2v) is 3.95. The molecule has 0 bridgehead atoms. The Kier molecular flexibility index (Phi) is 3.26. The van der Waals surface area contributed by atoms with Crippen molar-refractivity contribution >= 4 is 23.2 Å². The number of hydrogen-bond donors (Lipinski definition) is 2. The highest BCUT2D eigenvalue weighted by Gasteiger charge is 2.08. The highest BCUT2D eigenvalue weighted by molar-refractivity contribution is 6.30. The van der Waals surface area contributed by atoms with Crippen LogP contribution in [0.3, 0.4) is 0 Å². The van der Waals surface area contributed by atoms with Crippen LogP contribution in [0.15, 0.2) is 18.3 Å². The van der Waals surface area contributed by atoms with Crippen LogP contribution in [0.2, 0.25) is 5.02 Å². The normalized spacial score (nSPS) is 12.9. The molecule has 1 unspecified atom stereocenters. The number of aromatic nitrogens is 3. The van der Waals surface area contributed by atoms with Gasteiger partial charge >= 0.3 is 0 Å². The molecule has 6 heteroatoms. The number of aliphatic hydroxyl groups excluding tert-OH is 1. The van der Waals surface area contributed by atoms with Gasteiger partial charge in [0, 0.05) is 6.20 Å². The molecule has 2 aromatic rings. The van der Waals surface area contributed by atoms with Gasteiger partial charge in [0.25, 0.3) is 0 Å². The van der Waals surface area contributed by atoms with Crippen molar-refractivity contribution in [3.8, 4) is 0 Å². The van der Waals surface area contributed by atoms with Gasteiger partial charge in [-0.05, 0) is 18.6 Å². The lowest BCUT2D eigenvalue weighted by Gasteiger charge is -2.11. The molecule has 0 radical (unpaired) electrons. The predicted molar refractivity (Wildman–Crippen MR) is 62.8 cm³/mol. The second-order valence-electron chi connectivity index (χ2n) is 3.52. The molecule has 2 heterocycles. The zero-order chi connectivity index (χ0) is 11.5. The quantitative estimate of drug-likeness (QED) is 0.852. The van der Waals surface area contributed by atoms with Crippen LogP contribution >= 0.6 is 11.6 Å². The van der Waals surface area contributed by atoms with Crippen LogP contribution in [0.4, 0.5) is 5.95 Å². The molecule has 0 aliphatic rings. The third kappa shape index (κ3) is 2.25. The van der Waals surface area contributed by atoms with Crippen LogP contribution in [-0.4, -0.2) is 32.4 Å². The van der Waals surface area contributed by atoms with Crippen molar-refractivity contribution in [3.63, 3.8) is 0 Å². The van der Waals surface area contributed by atoms with Gasteiger partial charge in [0.2, 0.25) is 5.95 Å². The zero-order valence-corrected chi connectivity index (χ0v) is 9.65. The van der Waals surface area contributed by atoms with Gasteiger partial charge in [0.15, 0.2) is 5.65 Å². The number of pyridine rings is 1. The standard InChI is InChI=1S/C10H13ClN4O/c1-2-8(6-16)12-10-13-9-4-3-7(11)5-15(9)14-10/h3-5,8,16H,2,6H2,1H3,(H,12,14). The van der Waals surface area contributed by atoms with E-state index in [0.717, 1.165) is 12.1 Å². The Bertz CT molecular complexity index is 481. The van der Waals surface area contributed by atoms with Gasteiger partial charge < -0.3 is 10.4 Å². The maximum absolute atomic E-state index is 9.06. The van der Waals surface area contributed by atoms with E-state index in [1.807, 2.05) is 6.92 Å². The summed E-state index contributed by atoms with van der Waals surface area (Å²) in [6.45, 7) is 2.05. The van der Waals surface area contributed by atoms with E-state index in [4.69, 9.17) is 16.7 Å². The van der Waals surface area contributed by atoms with E-state index >= 15 is 0 Å². The third-order valence-electron chi connectivity index (χ3n) is 2.34. The Labute approximate surface area is 98.1 Å². The Morgan fingerprint density at radius 1 is 1.56 bits per heavy atom. The van der Waals surface area contributed by atoms with Gasteiger partial charge in [-0.3, -0.25) is 0 Å². The largest absolute Gasteiger partial charge is 0.394 e. The molecule has 0 fully saturated rings. The molecule has 0 saturated heterocycles. The van der Waals surface area contributed by atoms with Crippen LogP contribution < -0.4 is 5.32 Å². The van der Waals surface area contributed by atoms with Crippen LogP contribution in [0, 0.1) is 0 Å². The number of hydrogen-bond acceptors (Lipinski definition) is 4. The zero-order valence-electron chi connectivity index (χ0n) is 8.89. The number of anilines is 1. The minimum atomic E-state index is -0.0205. The topological polar surface area (TPSA) is 62.5 Å². The van der Waals surface area contributed by atoms with Crippen molar-refractivity contribution < 1.29 is 5.11 Å². The summed E-state index contributed by atoms with van der Waals surface area (Å²) in [6, 6.07) is 3.53. The molecule has 16 heavy (non-hydrogen) atoms. The van der Waals surface area contributed by atoms with Crippen LogP contribution in [-0.2, 0) is 0 Å². The summed E-state index contributed by atoms with van der Waals surface area (Å²) in [7, 11) is 0. The molecule has 0 aromatic carbocycles. The first-order chi connectivity index (χ1) is 7.72. The van der Waals surface area contributed by atoms with Crippen molar-refractivity contribution in [2.24, 2.45) is 0 Å². The Morgan fingerprint density at radius 2 is 2.38 bits per heavy atom. The third-order valence-corrected chi connectivity index (χ3v) is 2.56. The summed E-state index contributed by atoms with van der Waals surface area (Å²) < 4.78 is 1.61. The Hall–Kier alpha value is -1.33. The van der Waals surface area contributed by atoms with E-state index in [9.17, 15) is 0 Å². The predicted octanol–water partition coefficient (Wildman–Crippen LogP) is 1.57. The van der Waals surface area contributed by atoms with Crippen LogP contribution in [0.25, 0.3) is 5.65 Å². The first kappa shape index (κ1) is 11.2. The molecule has 2 aromatic heterocycles. The number of aliphatic hydroxyl groups is 1. The maximum atomic E-state index is 9.06. The second kappa shape index (κ2) is 4.67. The number of nitrogens with zero attached hydrogens (tertiary/aromatic N) is 3. The minimum absolute atomic E-state index is 0.0205. The minimum Gasteiger partial charge on any atom is -0.394 e. The first-order valence-electron chi connectivity index (χ1n) is 5.12. The van der Waals surface area contributed by atoms with E-state index < -0.39 is 0 Å². The maximum Gasteiger partial charge on any atom is 0.243 e. The van der Waals surface area contributed by atoms with Crippen molar-refractivity contribution in [2.45, 2.75) is 19.4 Å². The molecule has 0 amide bonds. The molecule has 5 nitrogen and oxygen atoms in total. The lowest BCUT2D eigenvalue weighted by molar-refractivity contribution is 0.271. The smallest absolute Gasteiger partial charge is 0.243 e. The summed E-state index contributed by atoms with van der Waals surface area (Å²) in [5.74, 6) is 0.503. The van der Waals surface area contributed by atoms with Gasteiger partial charge in [-0.15, -0.1) is 5.10 Å². The van der Waals surface area contributed by atoms with Gasteiger partial charge in [0.1, 0.15) is 0 Å². The molecule has 1 atom stereocenters. The van der Waals surface area contributed by atoms with Crippen molar-refractivity contribution in [1.82, 2.24) is 14.6 Å². The number of rotatable bonds is 4. The highest BCUT2D eigenvalue weighted by atomic mass is 35.5. The fourth-order valence-corrected chi connectivity index (χ4v) is 1.53. The van der Waals surface area contributed by atoms with Crippen LogP contribution in [0.5, 0.6) is 0 Å². The average molecular weight is 241 g/mol. The Morgan fingerprint density at radius 3 is 3.06 bits per heavy atom. The van der Waals surface area contributed by atoms with E-state index in [-0.39, 0.29) is 12.6 Å². The number of nitrogens with one attached hydrogen (secondary N) is 1. The molecular weight excluding hydrogens is 228 g/mol. The van der Waals surface area contributed by atoms with Crippen LogP contribution in [0.1, 0.15) is 13.3 Å². The molecule has 0 aliphatic heterocycles. The van der Waals surface area contributed by atoms with Gasteiger partial charge in [-0.1, -0.05) is 18.5 Å². The summed E-state index contributed by atoms with van der Waals surface area (Å²) in [6.07, 6.45) is 2.50. The van der Waals surface area contributed by atoms with E-state index in [1.165, 1.54) is 0 Å². The molecule has 2 rings (SSSR count). The number of halogens is 1. The molecule has 86 valence electrons. The lowest BCUT2D eigenvalue weighted by Crippen LogP contribution is -2.23. The van der Waals surface area contributed by atoms with Crippen molar-refractivity contribution in [2.75, 3.05) is 11.9 Å². The molecule has 0 aliphatic carbocycles. The molecule has 0 spiro atoms. The van der Waals surface area contributed by atoms with E-state index in [1.54, 1.807) is 22.8 Å². The fraction of sp³-hybridized carbons (Fsp3) is 0.400. The van der Waals surface area contributed by atoms with Gasteiger partial charge in [-0.25, -0.2) is 4.52 Å². The Balaban J connectivity index is 2.25. The van der Waals surface area contributed by atoms with Crippen molar-refractivity contribution in [1.29, 1.82) is 0 Å². The molecule has 0 saturated carbocycles. The van der Waals surface area contributed by atoms with Gasteiger partial charge in [-0.2, -0.15) is 4.98 Å². The SMILES string of the molecule is CCC(CO)Nc1nc2ccc(Cl)cn2n1. The molecule has 2 N–H and O–H groups in total. The lowest BCUT2D eigenvalue weighted by atomic mass is 10.2. The van der Waals surface area contributed by atoms with Gasteiger partial charge in [0.05, 0.1) is 17.7 Å². The highest BCUT2D eigenvalue weighted by Crippen LogP contribution is 2.12. The summed E-state index contributed by atoms with van der Waals surface area (Å²) in [4.78, 5) is 4.26. The van der Waals surface area contributed by atoms with E-state index in [0.29, 0.717) is 11.0 Å². The van der Waals surface area contributed by atoms with E-state index in [2.05, 4.69) is 15.4 Å². The summed E-state index contributed by atoms with van der Waals surface area (Å²) in [5, 5.41) is 16.9. The first-order valence-corrected chi connectivity index (χ1v) is 5.50. The average Bonchev–Trinajstić information content (AvgIpc) is 2.67. The fourth-order valence-electron chi connectivity index (χ4n) is 1.38. The number of fused-ring (bicyclic) bond motifs is 1.